The number of aliphatic carboxylic acids is 2. The maximum atomic E-state index is 11.7. The van der Waals surface area contributed by atoms with E-state index in [1.165, 1.54) is 4.90 Å². The van der Waals surface area contributed by atoms with Gasteiger partial charge in [-0.1, -0.05) is 18.2 Å². The van der Waals surface area contributed by atoms with Gasteiger partial charge in [0.2, 0.25) is 0 Å². The summed E-state index contributed by atoms with van der Waals surface area (Å²) in [5.41, 5.74) is 1.80. The molecule has 1 aromatic carbocycles. The standard InChI is InChI=1S/C16H19N3O2.C2H2O4/c1-18(2)16(20)21-15-10-7-11-17-14(15)12-19(3)13-8-5-4-6-9-13;3-1(4)2(5)6/h4-11H,12H2,1-3H3;(H,3,4)(H,5,6). The number of carbonyl (C=O) groups is 3. The molecule has 0 aliphatic rings. The average Bonchev–Trinajstić information content (AvgIpc) is 2.64. The molecule has 0 bridgehead atoms. The fourth-order valence-electron chi connectivity index (χ4n) is 1.82. The van der Waals surface area contributed by atoms with Crippen molar-refractivity contribution in [2.24, 2.45) is 0 Å². The monoisotopic (exact) mass is 375 g/mol. The zero-order valence-electron chi connectivity index (χ0n) is 15.2. The number of benzene rings is 1. The zero-order chi connectivity index (χ0) is 20.4. The lowest BCUT2D eigenvalue weighted by Gasteiger charge is -2.20. The Labute approximate surface area is 156 Å². The number of carbonyl (C=O) groups excluding carboxylic acids is 1. The number of pyridine rings is 1. The molecule has 2 aromatic rings. The molecular weight excluding hydrogens is 354 g/mol. The van der Waals surface area contributed by atoms with E-state index in [0.717, 1.165) is 11.4 Å². The van der Waals surface area contributed by atoms with Crippen LogP contribution in [0.4, 0.5) is 10.5 Å². The molecule has 27 heavy (non-hydrogen) atoms. The normalized spacial score (nSPS) is 9.44. The first-order valence-corrected chi connectivity index (χ1v) is 7.77. The van der Waals surface area contributed by atoms with Crippen molar-refractivity contribution >= 4 is 23.7 Å². The number of hydrogen-bond acceptors (Lipinski definition) is 6. The van der Waals surface area contributed by atoms with Crippen LogP contribution in [0.5, 0.6) is 5.75 Å². The maximum absolute atomic E-state index is 11.7. The topological polar surface area (TPSA) is 120 Å². The van der Waals surface area contributed by atoms with Gasteiger partial charge in [-0.3, -0.25) is 4.98 Å². The van der Waals surface area contributed by atoms with Crippen molar-refractivity contribution in [3.8, 4) is 5.75 Å². The lowest BCUT2D eigenvalue weighted by molar-refractivity contribution is -0.159. The van der Waals surface area contributed by atoms with Crippen LogP contribution in [0, 0.1) is 0 Å². The van der Waals surface area contributed by atoms with Gasteiger partial charge < -0.3 is 24.7 Å². The van der Waals surface area contributed by atoms with Crippen molar-refractivity contribution in [3.63, 3.8) is 0 Å². The van der Waals surface area contributed by atoms with Gasteiger partial charge in [-0.05, 0) is 24.3 Å². The predicted octanol–water partition coefficient (Wildman–Crippen LogP) is 1.93. The summed E-state index contributed by atoms with van der Waals surface area (Å²) in [5, 5.41) is 14.8. The third-order valence-corrected chi connectivity index (χ3v) is 3.18. The molecule has 2 N–H and O–H groups in total. The fourth-order valence-corrected chi connectivity index (χ4v) is 1.82. The maximum Gasteiger partial charge on any atom is 0.414 e. The van der Waals surface area contributed by atoms with E-state index in [0.29, 0.717) is 12.3 Å². The van der Waals surface area contributed by atoms with Crippen LogP contribution in [0.15, 0.2) is 48.7 Å². The van der Waals surface area contributed by atoms with E-state index in [4.69, 9.17) is 24.5 Å². The lowest BCUT2D eigenvalue weighted by Crippen LogP contribution is -2.26. The first-order valence-electron chi connectivity index (χ1n) is 7.77. The fraction of sp³-hybridized carbons (Fsp3) is 0.222. The Hall–Kier alpha value is -3.62. The highest BCUT2D eigenvalue weighted by Crippen LogP contribution is 2.20. The minimum absolute atomic E-state index is 0.411. The molecule has 1 heterocycles. The Morgan fingerprint density at radius 1 is 0.963 bits per heavy atom. The van der Waals surface area contributed by atoms with Crippen molar-refractivity contribution in [3.05, 3.63) is 54.4 Å². The van der Waals surface area contributed by atoms with Crippen LogP contribution in [0.1, 0.15) is 5.69 Å². The van der Waals surface area contributed by atoms with Gasteiger partial charge in [0.25, 0.3) is 0 Å². The number of aromatic nitrogens is 1. The molecule has 0 saturated carbocycles. The number of para-hydroxylation sites is 1. The summed E-state index contributed by atoms with van der Waals surface area (Å²) in [4.78, 5) is 37.6. The minimum Gasteiger partial charge on any atom is -0.473 e. The van der Waals surface area contributed by atoms with Gasteiger partial charge in [-0.25, -0.2) is 14.4 Å². The Morgan fingerprint density at radius 2 is 1.56 bits per heavy atom. The predicted molar refractivity (Wildman–Crippen MR) is 97.8 cm³/mol. The highest BCUT2D eigenvalue weighted by molar-refractivity contribution is 6.27. The molecule has 1 amide bonds. The van der Waals surface area contributed by atoms with Crippen LogP contribution in [0.25, 0.3) is 0 Å². The van der Waals surface area contributed by atoms with E-state index in [9.17, 15) is 4.79 Å². The van der Waals surface area contributed by atoms with Gasteiger partial charge in [-0.2, -0.15) is 0 Å². The molecule has 0 spiro atoms. The van der Waals surface area contributed by atoms with Crippen molar-refractivity contribution in [2.45, 2.75) is 6.54 Å². The van der Waals surface area contributed by atoms with E-state index in [1.54, 1.807) is 32.4 Å². The zero-order valence-corrected chi connectivity index (χ0v) is 15.2. The van der Waals surface area contributed by atoms with Crippen LogP contribution < -0.4 is 9.64 Å². The quantitative estimate of drug-likeness (QED) is 0.778. The molecular formula is C18H21N3O6. The Bertz CT molecular complexity index is 768. The van der Waals surface area contributed by atoms with E-state index >= 15 is 0 Å². The Kier molecular flexibility index (Phi) is 8.24. The molecule has 0 saturated heterocycles. The van der Waals surface area contributed by atoms with Crippen molar-refractivity contribution in [1.82, 2.24) is 9.88 Å². The number of hydrogen-bond donors (Lipinski definition) is 2. The number of nitrogens with zero attached hydrogens (tertiary/aromatic N) is 3. The second kappa shape index (κ2) is 10.4. The van der Waals surface area contributed by atoms with Crippen LogP contribution >= 0.6 is 0 Å². The number of rotatable bonds is 4. The van der Waals surface area contributed by atoms with Crippen molar-refractivity contribution in [1.29, 1.82) is 0 Å². The molecule has 9 heteroatoms. The molecule has 2 rings (SSSR count). The number of ether oxygens (including phenoxy) is 1. The van der Waals surface area contributed by atoms with Gasteiger partial charge in [-0.15, -0.1) is 0 Å². The average molecular weight is 375 g/mol. The summed E-state index contributed by atoms with van der Waals surface area (Å²) in [5.74, 6) is -3.16. The van der Waals surface area contributed by atoms with Gasteiger partial charge >= 0.3 is 18.0 Å². The van der Waals surface area contributed by atoms with E-state index in [-0.39, 0.29) is 0 Å². The SMILES string of the molecule is CN(C)C(=O)Oc1cccnc1CN(C)c1ccccc1.O=C(O)C(=O)O. The van der Waals surface area contributed by atoms with E-state index in [2.05, 4.69) is 9.88 Å². The first kappa shape index (κ1) is 21.4. The summed E-state index contributed by atoms with van der Waals surface area (Å²) >= 11 is 0. The summed E-state index contributed by atoms with van der Waals surface area (Å²) in [6, 6.07) is 13.5. The molecule has 0 aliphatic heterocycles. The minimum atomic E-state index is -1.82. The highest BCUT2D eigenvalue weighted by atomic mass is 16.6. The third kappa shape index (κ3) is 7.43. The lowest BCUT2D eigenvalue weighted by atomic mass is 10.2. The van der Waals surface area contributed by atoms with Crippen LogP contribution in [-0.4, -0.2) is 59.3 Å². The summed E-state index contributed by atoms with van der Waals surface area (Å²) in [6.45, 7) is 0.556. The molecule has 0 unspecified atom stereocenters. The van der Waals surface area contributed by atoms with Gasteiger partial charge in [0, 0.05) is 33.0 Å². The van der Waals surface area contributed by atoms with Crippen LogP contribution in [0.3, 0.4) is 0 Å². The summed E-state index contributed by atoms with van der Waals surface area (Å²) in [6.07, 6.45) is 1.29. The smallest absolute Gasteiger partial charge is 0.414 e. The third-order valence-electron chi connectivity index (χ3n) is 3.18. The molecule has 0 fully saturated rings. The largest absolute Gasteiger partial charge is 0.473 e. The van der Waals surface area contributed by atoms with Crippen LogP contribution in [-0.2, 0) is 16.1 Å². The molecule has 0 radical (unpaired) electrons. The van der Waals surface area contributed by atoms with Crippen molar-refractivity contribution < 1.29 is 29.3 Å². The second-order valence-electron chi connectivity index (χ2n) is 5.51. The number of carboxylic acid groups (broad SMARTS) is 2. The van der Waals surface area contributed by atoms with Gasteiger partial charge in [0.1, 0.15) is 5.69 Å². The molecule has 0 atom stereocenters. The summed E-state index contributed by atoms with van der Waals surface area (Å²) in [7, 11) is 5.27. The molecule has 144 valence electrons. The van der Waals surface area contributed by atoms with E-state index in [1.807, 2.05) is 37.4 Å². The summed E-state index contributed by atoms with van der Waals surface area (Å²) < 4.78 is 5.34. The first-order chi connectivity index (χ1) is 12.7. The second-order valence-corrected chi connectivity index (χ2v) is 5.51. The van der Waals surface area contributed by atoms with Crippen LogP contribution in [0.2, 0.25) is 0 Å². The molecule has 1 aromatic heterocycles. The Balaban J connectivity index is 0.000000527. The molecule has 0 aliphatic carbocycles. The Morgan fingerprint density at radius 3 is 2.07 bits per heavy atom. The van der Waals surface area contributed by atoms with Gasteiger partial charge in [0.05, 0.1) is 6.54 Å². The van der Waals surface area contributed by atoms with Gasteiger partial charge in [0.15, 0.2) is 5.75 Å². The van der Waals surface area contributed by atoms with E-state index < -0.39 is 18.0 Å². The van der Waals surface area contributed by atoms with Crippen molar-refractivity contribution in [2.75, 3.05) is 26.0 Å². The highest BCUT2D eigenvalue weighted by Gasteiger charge is 2.13. The number of anilines is 1. The molecule has 9 nitrogen and oxygen atoms in total. The number of carboxylic acids is 2. The number of amides is 1.